The number of Topliss-reactive ketones (excluding diaryl/α,β-unsaturated/α-hetero) is 1. The van der Waals surface area contributed by atoms with Crippen LogP contribution in [0.15, 0.2) is 22.6 Å². The molecule has 5 atom stereocenters. The van der Waals surface area contributed by atoms with E-state index < -0.39 is 42.4 Å². The van der Waals surface area contributed by atoms with Gasteiger partial charge in [0, 0.05) is 17.9 Å². The van der Waals surface area contributed by atoms with Gasteiger partial charge in [0.2, 0.25) is 0 Å². The minimum atomic E-state index is -2.18. The third-order valence-corrected chi connectivity index (χ3v) is 28.7. The molecule has 0 spiro atoms. The van der Waals surface area contributed by atoms with E-state index in [2.05, 4.69) is 145 Å². The second kappa shape index (κ2) is 19.8. The van der Waals surface area contributed by atoms with Crippen LogP contribution in [0.5, 0.6) is 0 Å². The molecule has 10 heteroatoms. The number of aromatic nitrogens is 1. The van der Waals surface area contributed by atoms with Gasteiger partial charge >= 0.3 is 0 Å². The Labute approximate surface area is 352 Å². The second-order valence-corrected chi connectivity index (χ2v) is 37.5. The number of nitrogens with zero attached hydrogens (tertiary/aromatic N) is 1. The summed E-state index contributed by atoms with van der Waals surface area (Å²) in [6.07, 6.45) is 10.7. The Morgan fingerprint density at radius 2 is 1.43 bits per heavy atom. The highest BCUT2D eigenvalue weighted by Crippen LogP contribution is 2.52. The summed E-state index contributed by atoms with van der Waals surface area (Å²) in [4.78, 5) is 19.3. The van der Waals surface area contributed by atoms with Crippen molar-refractivity contribution in [3.8, 4) is 0 Å². The molecule has 324 valence electrons. The van der Waals surface area contributed by atoms with Crippen LogP contribution in [0.3, 0.4) is 0 Å². The van der Waals surface area contributed by atoms with Gasteiger partial charge in [-0.3, -0.25) is 4.79 Å². The molecule has 1 aromatic heterocycles. The van der Waals surface area contributed by atoms with Gasteiger partial charge in [0.25, 0.3) is 0 Å². The molecule has 1 aliphatic carbocycles. The third-order valence-electron chi connectivity index (χ3n) is 14.4. The lowest BCUT2D eigenvalue weighted by molar-refractivity contribution is -0.152. The van der Waals surface area contributed by atoms with Crippen LogP contribution in [0.2, 0.25) is 54.4 Å². The van der Waals surface area contributed by atoms with Crippen molar-refractivity contribution in [3.05, 3.63) is 33.3 Å². The summed E-state index contributed by atoms with van der Waals surface area (Å²) in [6.45, 7) is 45.5. The Balaban J connectivity index is 2.16. The Hall–Kier alpha value is -0.729. The Bertz CT molecular complexity index is 1470. The fourth-order valence-corrected chi connectivity index (χ4v) is 11.3. The van der Waals surface area contributed by atoms with Crippen LogP contribution in [-0.4, -0.2) is 65.7 Å². The quantitative estimate of drug-likeness (QED) is 0.0981. The van der Waals surface area contributed by atoms with Gasteiger partial charge in [-0.05, 0) is 138 Å². The lowest BCUT2D eigenvalue weighted by Crippen LogP contribution is -2.57. The van der Waals surface area contributed by atoms with Crippen molar-refractivity contribution >= 4 is 48.1 Å². The SMILES string of the molecule is CC(=CC[C@H](O[Si](C)(C)C(C)(C)C)C(C)=Cc1csc(C)n1)CCC[C@H](C)[C@H](O)[C@@H](C)C(=O)C1([C@H](CCO[Si](C)(C)C(C)(C)C)O[Si](C)(C)C(C)(C)C)CCC1. The number of ketones is 1. The molecule has 1 aliphatic rings. The summed E-state index contributed by atoms with van der Waals surface area (Å²) in [5, 5.41) is 15.2. The summed E-state index contributed by atoms with van der Waals surface area (Å²) in [6, 6.07) is 0. The van der Waals surface area contributed by atoms with E-state index in [0.29, 0.717) is 6.61 Å². The van der Waals surface area contributed by atoms with Crippen LogP contribution in [0.1, 0.15) is 152 Å². The standard InChI is InChI=1S/C46H87NO5SSi3/c1-33(25-26-39(51-55(17,18)44(9,10)11)35(3)31-38-32-53-37(5)47-38)23-21-24-34(2)41(48)36(4)42(49)46(28-22-29-46)40(52-56(19,20)45(12,13)14)27-30-50-54(15,16)43(6,7)8/h25,31-32,34,36,39-41,48H,21-24,26-30H2,1-20H3/t34-,36+,39-,40-,41-/m0/s1. The maximum absolute atomic E-state index is 14.7. The highest BCUT2D eigenvalue weighted by Gasteiger charge is 2.55. The van der Waals surface area contributed by atoms with E-state index in [1.165, 1.54) is 11.1 Å². The summed E-state index contributed by atoms with van der Waals surface area (Å²) >= 11 is 1.68. The minimum Gasteiger partial charge on any atom is -0.417 e. The maximum atomic E-state index is 14.7. The third kappa shape index (κ3) is 13.6. The van der Waals surface area contributed by atoms with Crippen LogP contribution in [0, 0.1) is 24.2 Å². The van der Waals surface area contributed by atoms with Gasteiger partial charge in [0.15, 0.2) is 25.0 Å². The number of carbonyl (C=O) groups excluding carboxylic acids is 1. The van der Waals surface area contributed by atoms with Crippen molar-refractivity contribution in [2.45, 2.75) is 221 Å². The highest BCUT2D eigenvalue weighted by molar-refractivity contribution is 7.09. The molecule has 0 aromatic carbocycles. The van der Waals surface area contributed by atoms with Crippen molar-refractivity contribution < 1.29 is 23.2 Å². The number of thiazole rings is 1. The molecule has 0 bridgehead atoms. The molecule has 1 aromatic rings. The van der Waals surface area contributed by atoms with E-state index in [-0.39, 0.29) is 39.0 Å². The predicted octanol–water partition coefficient (Wildman–Crippen LogP) is 13.9. The van der Waals surface area contributed by atoms with Crippen molar-refractivity contribution in [3.63, 3.8) is 0 Å². The van der Waals surface area contributed by atoms with Gasteiger partial charge in [0.1, 0.15) is 5.78 Å². The Kier molecular flexibility index (Phi) is 18.1. The van der Waals surface area contributed by atoms with E-state index >= 15 is 0 Å². The summed E-state index contributed by atoms with van der Waals surface area (Å²) in [7, 11) is -6.14. The number of aliphatic hydroxyl groups excluding tert-OH is 1. The maximum Gasteiger partial charge on any atom is 0.192 e. The number of allylic oxidation sites excluding steroid dienone is 1. The largest absolute Gasteiger partial charge is 0.417 e. The van der Waals surface area contributed by atoms with Gasteiger partial charge in [0.05, 0.1) is 34.4 Å². The molecule has 1 saturated carbocycles. The van der Waals surface area contributed by atoms with Crippen molar-refractivity contribution in [1.82, 2.24) is 4.98 Å². The molecule has 0 saturated heterocycles. The molecule has 0 aliphatic heterocycles. The molecule has 1 fully saturated rings. The van der Waals surface area contributed by atoms with E-state index in [1.807, 2.05) is 13.8 Å². The molecule has 0 unspecified atom stereocenters. The van der Waals surface area contributed by atoms with Crippen molar-refractivity contribution in [2.24, 2.45) is 17.3 Å². The average molecular weight is 851 g/mol. The van der Waals surface area contributed by atoms with Gasteiger partial charge in [-0.1, -0.05) is 94.2 Å². The number of aliphatic hydroxyl groups is 1. The number of aryl methyl sites for hydroxylation is 1. The normalized spacial score (nSPS) is 19.3. The van der Waals surface area contributed by atoms with Gasteiger partial charge in [-0.15, -0.1) is 11.3 Å². The smallest absolute Gasteiger partial charge is 0.192 e. The lowest BCUT2D eigenvalue weighted by atomic mass is 9.59. The van der Waals surface area contributed by atoms with Gasteiger partial charge in [-0.25, -0.2) is 4.98 Å². The topological polar surface area (TPSA) is 77.9 Å². The zero-order valence-corrected chi connectivity index (χ0v) is 43.7. The number of hydrogen-bond donors (Lipinski definition) is 1. The fourth-order valence-electron chi connectivity index (χ4n) is 6.92. The van der Waals surface area contributed by atoms with E-state index in [9.17, 15) is 9.90 Å². The molecule has 0 amide bonds. The van der Waals surface area contributed by atoms with E-state index in [1.54, 1.807) is 11.3 Å². The van der Waals surface area contributed by atoms with E-state index in [4.69, 9.17) is 13.3 Å². The highest BCUT2D eigenvalue weighted by atomic mass is 32.1. The predicted molar refractivity (Wildman–Crippen MR) is 250 cm³/mol. The molecule has 1 N–H and O–H groups in total. The Morgan fingerprint density at radius 1 is 0.893 bits per heavy atom. The van der Waals surface area contributed by atoms with Crippen molar-refractivity contribution in [2.75, 3.05) is 6.61 Å². The monoisotopic (exact) mass is 850 g/mol. The summed E-state index contributed by atoms with van der Waals surface area (Å²) in [5.41, 5.74) is 3.01. The second-order valence-electron chi connectivity index (χ2n) is 22.1. The zero-order chi connectivity index (χ0) is 43.3. The van der Waals surface area contributed by atoms with Gasteiger partial charge < -0.3 is 18.4 Å². The molecule has 1 heterocycles. The summed E-state index contributed by atoms with van der Waals surface area (Å²) in [5.74, 6) is -0.237. The van der Waals surface area contributed by atoms with Crippen LogP contribution in [-0.2, 0) is 18.1 Å². The molecule has 56 heavy (non-hydrogen) atoms. The first-order chi connectivity index (χ1) is 25.3. The van der Waals surface area contributed by atoms with Crippen LogP contribution in [0.25, 0.3) is 6.08 Å². The van der Waals surface area contributed by atoms with Crippen LogP contribution < -0.4 is 0 Å². The Morgan fingerprint density at radius 3 is 1.89 bits per heavy atom. The number of hydrogen-bond acceptors (Lipinski definition) is 7. The zero-order valence-electron chi connectivity index (χ0n) is 39.9. The minimum absolute atomic E-state index is 0.00217. The van der Waals surface area contributed by atoms with Crippen LogP contribution >= 0.6 is 11.3 Å². The van der Waals surface area contributed by atoms with E-state index in [0.717, 1.165) is 62.1 Å². The molecule has 2 rings (SSSR count). The lowest BCUT2D eigenvalue weighted by Gasteiger charge is -2.52. The first-order valence-corrected chi connectivity index (χ1v) is 31.4. The summed E-state index contributed by atoms with van der Waals surface area (Å²) < 4.78 is 20.9. The average Bonchev–Trinajstić information content (AvgIpc) is 3.43. The number of carbonyl (C=O) groups is 1. The van der Waals surface area contributed by atoms with Crippen LogP contribution in [0.4, 0.5) is 0 Å². The molecular formula is C46H87NO5SSi3. The molecule has 6 nitrogen and oxygen atoms in total. The molecule has 0 radical (unpaired) electrons. The van der Waals surface area contributed by atoms with Gasteiger partial charge in [-0.2, -0.15) is 0 Å². The molecular weight excluding hydrogens is 763 g/mol. The fraction of sp³-hybridized carbons (Fsp3) is 0.826. The first-order valence-electron chi connectivity index (χ1n) is 21.8. The number of rotatable bonds is 21. The first kappa shape index (κ1) is 51.4. The van der Waals surface area contributed by atoms with Crippen molar-refractivity contribution in [1.29, 1.82) is 0 Å².